The highest BCUT2D eigenvalue weighted by molar-refractivity contribution is 5.98. The third-order valence-corrected chi connectivity index (χ3v) is 7.11. The summed E-state index contributed by atoms with van der Waals surface area (Å²) in [4.78, 5) is 23.4. The Balaban J connectivity index is 1.36. The Morgan fingerprint density at radius 3 is 2.74 bits per heavy atom. The molecule has 1 aliphatic carbocycles. The number of aromatic nitrogens is 5. The van der Waals surface area contributed by atoms with Gasteiger partial charge in [0.2, 0.25) is 0 Å². The number of benzene rings is 2. The van der Waals surface area contributed by atoms with E-state index in [0.717, 1.165) is 16.7 Å². The van der Waals surface area contributed by atoms with E-state index in [2.05, 4.69) is 15.1 Å². The Morgan fingerprint density at radius 2 is 2.00 bits per heavy atom. The van der Waals surface area contributed by atoms with Crippen molar-refractivity contribution < 1.29 is 22.7 Å². The summed E-state index contributed by atoms with van der Waals surface area (Å²) in [7, 11) is 3.16. The number of hydrogen-bond donors (Lipinski definition) is 1. The molecule has 0 saturated heterocycles. The van der Waals surface area contributed by atoms with Crippen LogP contribution in [0.25, 0.3) is 27.7 Å². The first-order chi connectivity index (χ1) is 18.3. The van der Waals surface area contributed by atoms with Gasteiger partial charge in [0.15, 0.2) is 0 Å². The van der Waals surface area contributed by atoms with Crippen LogP contribution < -0.4 is 5.73 Å². The Hall–Kier alpha value is -4.45. The van der Waals surface area contributed by atoms with Gasteiger partial charge in [-0.3, -0.25) is 9.20 Å². The fourth-order valence-electron chi connectivity index (χ4n) is 5.22. The number of ether oxygens (including phenoxy) is 1. The van der Waals surface area contributed by atoms with Gasteiger partial charge in [0.05, 0.1) is 47.5 Å². The fourth-order valence-corrected chi connectivity index (χ4v) is 5.22. The van der Waals surface area contributed by atoms with Gasteiger partial charge in [-0.05, 0) is 22.8 Å². The minimum atomic E-state index is -2.73. The number of fused-ring (bicyclic) bond motifs is 4. The molecule has 12 heteroatoms. The molecule has 0 bridgehead atoms. The number of imidazole rings is 1. The van der Waals surface area contributed by atoms with Crippen molar-refractivity contribution in [2.24, 2.45) is 0 Å². The molecule has 0 saturated carbocycles. The number of nitrogen functional groups attached to an aromatic ring is 1. The van der Waals surface area contributed by atoms with Crippen molar-refractivity contribution in [2.75, 3.05) is 19.9 Å². The van der Waals surface area contributed by atoms with Crippen LogP contribution in [0.5, 0.6) is 0 Å². The zero-order chi connectivity index (χ0) is 26.7. The lowest BCUT2D eigenvalue weighted by Gasteiger charge is -2.30. The number of nitrogens with zero attached hydrogens (tertiary/aromatic N) is 6. The van der Waals surface area contributed by atoms with Gasteiger partial charge in [-0.15, -0.1) is 0 Å². The second-order valence-corrected chi connectivity index (χ2v) is 9.21. The summed E-state index contributed by atoms with van der Waals surface area (Å²) in [6.45, 7) is -2.73. The second-order valence-electron chi connectivity index (χ2n) is 9.21. The number of nitrogens with two attached hydrogens (primary N) is 1. The second kappa shape index (κ2) is 8.84. The number of rotatable bonds is 5. The molecule has 0 radical (unpaired) electrons. The highest BCUT2D eigenvalue weighted by atomic mass is 19.3. The first-order valence-corrected chi connectivity index (χ1v) is 11.7. The molecule has 9 nitrogen and oxygen atoms in total. The first-order valence-electron chi connectivity index (χ1n) is 11.7. The molecule has 0 spiro atoms. The summed E-state index contributed by atoms with van der Waals surface area (Å²) in [6.07, 6.45) is 5.84. The van der Waals surface area contributed by atoms with Gasteiger partial charge in [0.1, 0.15) is 17.2 Å². The van der Waals surface area contributed by atoms with Crippen molar-refractivity contribution in [3.8, 4) is 11.1 Å². The lowest BCUT2D eigenvalue weighted by Crippen LogP contribution is -2.37. The van der Waals surface area contributed by atoms with Crippen molar-refractivity contribution in [1.29, 1.82) is 0 Å². The molecule has 0 fully saturated rings. The number of likely N-dealkylation sites (N-methyl/N-ethyl adjacent to an activating group) is 1. The molecule has 2 atom stereocenters. The van der Waals surface area contributed by atoms with Crippen LogP contribution in [0.4, 0.5) is 19.0 Å². The molecule has 1 amide bonds. The topological polar surface area (TPSA) is 104 Å². The number of amides is 1. The molecular formula is C26H22F3N7O2. The fraction of sp³-hybridized carbons (Fsp3) is 0.231. The Bertz CT molecular complexity index is 1710. The van der Waals surface area contributed by atoms with E-state index in [-0.39, 0.29) is 17.5 Å². The molecule has 5 aromatic rings. The summed E-state index contributed by atoms with van der Waals surface area (Å²) >= 11 is 0. The molecule has 2 N–H and O–H groups in total. The maximum absolute atomic E-state index is 15.2. The monoisotopic (exact) mass is 521 g/mol. The average molecular weight is 522 g/mol. The predicted octanol–water partition coefficient (Wildman–Crippen LogP) is 4.25. The third-order valence-electron chi connectivity index (χ3n) is 7.11. The Labute approximate surface area is 214 Å². The summed E-state index contributed by atoms with van der Waals surface area (Å²) in [5.41, 5.74) is 10.2. The van der Waals surface area contributed by atoms with Crippen LogP contribution in [0, 0.1) is 5.82 Å². The number of anilines is 1. The minimum Gasteiger partial charge on any atom is -0.382 e. The first kappa shape index (κ1) is 23.9. The molecule has 38 heavy (non-hydrogen) atoms. The van der Waals surface area contributed by atoms with Gasteiger partial charge in [0, 0.05) is 38.4 Å². The molecule has 6 rings (SSSR count). The Kier molecular flexibility index (Phi) is 5.56. The van der Waals surface area contributed by atoms with Gasteiger partial charge in [-0.25, -0.2) is 19.0 Å². The van der Waals surface area contributed by atoms with Crippen LogP contribution in [0.3, 0.4) is 0 Å². The maximum atomic E-state index is 15.2. The van der Waals surface area contributed by atoms with E-state index in [9.17, 15) is 13.6 Å². The van der Waals surface area contributed by atoms with Gasteiger partial charge >= 0.3 is 6.55 Å². The maximum Gasteiger partial charge on any atom is 0.333 e. The molecular weight excluding hydrogens is 499 g/mol. The van der Waals surface area contributed by atoms with E-state index in [0.29, 0.717) is 33.2 Å². The van der Waals surface area contributed by atoms with Gasteiger partial charge in [-0.1, -0.05) is 18.2 Å². The quantitative estimate of drug-likeness (QED) is 0.371. The van der Waals surface area contributed by atoms with E-state index in [1.165, 1.54) is 35.8 Å². The van der Waals surface area contributed by atoms with Crippen LogP contribution in [-0.2, 0) is 11.2 Å². The van der Waals surface area contributed by atoms with Gasteiger partial charge in [0.25, 0.3) is 5.91 Å². The average Bonchev–Trinajstić information content (AvgIpc) is 3.65. The van der Waals surface area contributed by atoms with Crippen molar-refractivity contribution in [2.45, 2.75) is 25.1 Å². The van der Waals surface area contributed by atoms with E-state index < -0.39 is 24.3 Å². The molecule has 1 aliphatic rings. The number of alkyl halides is 2. The number of methoxy groups -OCH3 is 1. The van der Waals surface area contributed by atoms with E-state index in [4.69, 9.17) is 10.5 Å². The standard InChI is InChI=1S/C26H22F3N7O2/c1-34(25(37)17-7-20-19(8-18(17)27)33-24(30)21-10-31-12-35(20)21)23-16-4-3-13(5-14(16)6-22(23)38-2)15-9-32-36(11-15)26(28)29/h3-5,7-12,22-23,26H,6H2,1-2H3,(H2,30,33). The lowest BCUT2D eigenvalue weighted by atomic mass is 10.0. The summed E-state index contributed by atoms with van der Waals surface area (Å²) in [6, 6.07) is 7.66. The third kappa shape index (κ3) is 3.67. The molecule has 3 aromatic heterocycles. The van der Waals surface area contributed by atoms with Crippen LogP contribution in [0.15, 0.2) is 55.2 Å². The van der Waals surface area contributed by atoms with Crippen LogP contribution in [0.1, 0.15) is 34.1 Å². The normalized spacial score (nSPS) is 17.0. The van der Waals surface area contributed by atoms with Gasteiger partial charge in [-0.2, -0.15) is 13.9 Å². The molecule has 2 unspecified atom stereocenters. The van der Waals surface area contributed by atoms with E-state index in [1.807, 2.05) is 12.1 Å². The highest BCUT2D eigenvalue weighted by Crippen LogP contribution is 2.40. The van der Waals surface area contributed by atoms with Crippen LogP contribution in [-0.4, -0.2) is 55.2 Å². The summed E-state index contributed by atoms with van der Waals surface area (Å²) < 4.78 is 49.1. The molecule has 2 aromatic carbocycles. The highest BCUT2D eigenvalue weighted by Gasteiger charge is 2.38. The van der Waals surface area contributed by atoms with Gasteiger partial charge < -0.3 is 15.4 Å². The smallest absolute Gasteiger partial charge is 0.333 e. The lowest BCUT2D eigenvalue weighted by molar-refractivity contribution is 0.0288. The van der Waals surface area contributed by atoms with E-state index in [1.54, 1.807) is 30.8 Å². The van der Waals surface area contributed by atoms with Crippen LogP contribution >= 0.6 is 0 Å². The largest absolute Gasteiger partial charge is 0.382 e. The summed E-state index contributed by atoms with van der Waals surface area (Å²) in [5, 5.41) is 3.70. The zero-order valence-electron chi connectivity index (χ0n) is 20.3. The minimum absolute atomic E-state index is 0.124. The number of hydrogen-bond acceptors (Lipinski definition) is 6. The van der Waals surface area contributed by atoms with Crippen molar-refractivity contribution in [1.82, 2.24) is 29.0 Å². The van der Waals surface area contributed by atoms with Crippen molar-refractivity contribution in [3.05, 3.63) is 77.8 Å². The molecule has 0 aliphatic heterocycles. The van der Waals surface area contributed by atoms with Crippen LogP contribution in [0.2, 0.25) is 0 Å². The van der Waals surface area contributed by atoms with E-state index >= 15 is 4.39 Å². The molecule has 3 heterocycles. The SMILES string of the molecule is COC1Cc2cc(-c3cnn(C(F)F)c3)ccc2C1N(C)C(=O)c1cc2c(cc1F)nc(N)c1cncn12. The molecule has 194 valence electrons. The summed E-state index contributed by atoms with van der Waals surface area (Å²) in [5.74, 6) is -1.05. The number of halogens is 3. The zero-order valence-corrected chi connectivity index (χ0v) is 20.3. The number of carbonyl (C=O) groups is 1. The number of carbonyl (C=O) groups excluding carboxylic acids is 1. The predicted molar refractivity (Wildman–Crippen MR) is 133 cm³/mol. The van der Waals surface area contributed by atoms with Crippen molar-refractivity contribution in [3.63, 3.8) is 0 Å². The van der Waals surface area contributed by atoms with Crippen molar-refractivity contribution >= 4 is 28.3 Å². The Morgan fingerprint density at radius 1 is 1.18 bits per heavy atom.